The fourth-order valence-corrected chi connectivity index (χ4v) is 2.45. The number of nitrogens with one attached hydrogen (secondary N) is 2. The Balaban J connectivity index is 1.80. The van der Waals surface area contributed by atoms with Gasteiger partial charge in [-0.15, -0.1) is 0 Å². The van der Waals surface area contributed by atoms with E-state index in [1.807, 2.05) is 0 Å². The number of aromatic nitrogens is 1. The Kier molecular flexibility index (Phi) is 4.18. The van der Waals surface area contributed by atoms with Crippen LogP contribution in [-0.4, -0.2) is 17.7 Å². The molecule has 124 valence electrons. The number of benzene rings is 2. The second kappa shape index (κ2) is 6.29. The number of hydrogen-bond acceptors (Lipinski definition) is 4. The van der Waals surface area contributed by atoms with Crippen LogP contribution in [0.3, 0.4) is 0 Å². The first-order chi connectivity index (χ1) is 11.5. The van der Waals surface area contributed by atoms with Crippen molar-refractivity contribution in [2.45, 2.75) is 0 Å². The molecule has 0 saturated heterocycles. The summed E-state index contributed by atoms with van der Waals surface area (Å²) in [6.07, 6.45) is 0. The van der Waals surface area contributed by atoms with Gasteiger partial charge in [-0.3, -0.25) is 4.57 Å². The average molecular weight is 348 g/mol. The van der Waals surface area contributed by atoms with Gasteiger partial charge in [0.15, 0.2) is 5.58 Å². The van der Waals surface area contributed by atoms with Crippen molar-refractivity contribution in [1.82, 2.24) is 4.57 Å². The lowest BCUT2D eigenvalue weighted by molar-refractivity contribution is 0.262. The average Bonchev–Trinajstić information content (AvgIpc) is 2.81. The summed E-state index contributed by atoms with van der Waals surface area (Å²) < 4.78 is 11.6. The number of fused-ring (bicyclic) bond motifs is 1. The maximum Gasteiger partial charge on any atom is 0.419 e. The van der Waals surface area contributed by atoms with Crippen LogP contribution in [0.4, 0.5) is 16.2 Å². The van der Waals surface area contributed by atoms with Gasteiger partial charge < -0.3 is 19.8 Å². The normalized spacial score (nSPS) is 10.6. The standard InChI is InChI=1S/C16H14ClN3O4/c1-20-12-5-4-10(8-14(12)24-16(20)22)18-15(21)19-11-7-9(17)3-6-13(11)23-2/h3-8H,1-2H3,(H2,18,19,21). The van der Waals surface area contributed by atoms with E-state index in [4.69, 9.17) is 20.8 Å². The van der Waals surface area contributed by atoms with Crippen molar-refractivity contribution in [2.24, 2.45) is 7.05 Å². The SMILES string of the molecule is COc1ccc(Cl)cc1NC(=O)Nc1ccc2c(c1)oc(=O)n2C. The van der Waals surface area contributed by atoms with Crippen molar-refractivity contribution in [2.75, 3.05) is 17.7 Å². The van der Waals surface area contributed by atoms with E-state index in [0.29, 0.717) is 33.2 Å². The summed E-state index contributed by atoms with van der Waals surface area (Å²) >= 11 is 5.93. The quantitative estimate of drug-likeness (QED) is 0.760. The minimum Gasteiger partial charge on any atom is -0.495 e. The van der Waals surface area contributed by atoms with Crippen LogP contribution < -0.4 is 21.1 Å². The zero-order valence-electron chi connectivity index (χ0n) is 12.9. The van der Waals surface area contributed by atoms with Crippen molar-refractivity contribution < 1.29 is 13.9 Å². The summed E-state index contributed by atoms with van der Waals surface area (Å²) in [5.74, 6) is 0.0225. The van der Waals surface area contributed by atoms with Gasteiger partial charge in [0.05, 0.1) is 18.3 Å². The number of carbonyl (C=O) groups is 1. The van der Waals surface area contributed by atoms with Gasteiger partial charge in [0.1, 0.15) is 5.75 Å². The predicted octanol–water partition coefficient (Wildman–Crippen LogP) is 3.44. The minimum absolute atomic E-state index is 0.389. The number of nitrogens with zero attached hydrogens (tertiary/aromatic N) is 1. The highest BCUT2D eigenvalue weighted by Crippen LogP contribution is 2.28. The van der Waals surface area contributed by atoms with Crippen LogP contribution in [0.2, 0.25) is 5.02 Å². The first-order valence-electron chi connectivity index (χ1n) is 6.99. The van der Waals surface area contributed by atoms with E-state index in [2.05, 4.69) is 10.6 Å². The van der Waals surface area contributed by atoms with Crippen LogP contribution in [0.25, 0.3) is 11.1 Å². The van der Waals surface area contributed by atoms with Crippen molar-refractivity contribution in [3.63, 3.8) is 0 Å². The Bertz CT molecular complexity index is 977. The molecule has 0 saturated carbocycles. The van der Waals surface area contributed by atoms with E-state index >= 15 is 0 Å². The second-order valence-corrected chi connectivity index (χ2v) is 5.47. The van der Waals surface area contributed by atoms with Crippen LogP contribution >= 0.6 is 11.6 Å². The fourth-order valence-electron chi connectivity index (χ4n) is 2.27. The topological polar surface area (TPSA) is 85.5 Å². The van der Waals surface area contributed by atoms with Gasteiger partial charge in [-0.2, -0.15) is 0 Å². The largest absolute Gasteiger partial charge is 0.495 e. The minimum atomic E-state index is -0.479. The summed E-state index contributed by atoms with van der Waals surface area (Å²) in [5.41, 5.74) is 1.95. The molecule has 2 amide bonds. The highest BCUT2D eigenvalue weighted by Gasteiger charge is 2.11. The zero-order valence-corrected chi connectivity index (χ0v) is 13.7. The Morgan fingerprint density at radius 1 is 1.21 bits per heavy atom. The fraction of sp³-hybridized carbons (Fsp3) is 0.125. The molecule has 3 aromatic rings. The van der Waals surface area contributed by atoms with E-state index in [1.54, 1.807) is 43.4 Å². The molecule has 0 aliphatic carbocycles. The van der Waals surface area contributed by atoms with Crippen LogP contribution in [0.15, 0.2) is 45.6 Å². The summed E-state index contributed by atoms with van der Waals surface area (Å²) in [6, 6.07) is 9.36. The molecule has 0 aliphatic heterocycles. The first-order valence-corrected chi connectivity index (χ1v) is 7.37. The number of methoxy groups -OCH3 is 1. The van der Waals surface area contributed by atoms with Gasteiger partial charge in [-0.05, 0) is 30.3 Å². The molecule has 0 unspecified atom stereocenters. The summed E-state index contributed by atoms with van der Waals surface area (Å²) in [7, 11) is 3.11. The van der Waals surface area contributed by atoms with Crippen molar-refractivity contribution in [1.29, 1.82) is 0 Å². The third-order valence-electron chi connectivity index (χ3n) is 3.46. The van der Waals surface area contributed by atoms with E-state index in [0.717, 1.165) is 0 Å². The molecule has 1 aromatic heterocycles. The molecule has 7 nitrogen and oxygen atoms in total. The van der Waals surface area contributed by atoms with E-state index in [1.165, 1.54) is 11.7 Å². The van der Waals surface area contributed by atoms with Gasteiger partial charge in [0, 0.05) is 23.8 Å². The van der Waals surface area contributed by atoms with Gasteiger partial charge in [-0.1, -0.05) is 11.6 Å². The number of rotatable bonds is 3. The maximum absolute atomic E-state index is 12.2. The molecule has 0 aliphatic rings. The smallest absolute Gasteiger partial charge is 0.419 e. The number of ether oxygens (including phenoxy) is 1. The first kappa shape index (κ1) is 15.9. The molecule has 0 bridgehead atoms. The molecule has 1 heterocycles. The molecular weight excluding hydrogens is 334 g/mol. The number of halogens is 1. The molecule has 0 fully saturated rings. The highest BCUT2D eigenvalue weighted by atomic mass is 35.5. The maximum atomic E-state index is 12.2. The summed E-state index contributed by atoms with van der Waals surface area (Å²) in [5, 5.41) is 5.79. The van der Waals surface area contributed by atoms with E-state index in [9.17, 15) is 9.59 Å². The van der Waals surface area contributed by atoms with E-state index in [-0.39, 0.29) is 0 Å². The number of oxazole rings is 1. The van der Waals surface area contributed by atoms with Gasteiger partial charge >= 0.3 is 11.8 Å². The number of amides is 2. The zero-order chi connectivity index (χ0) is 17.3. The molecule has 2 aromatic carbocycles. The lowest BCUT2D eigenvalue weighted by Crippen LogP contribution is -2.19. The van der Waals surface area contributed by atoms with Gasteiger partial charge in [-0.25, -0.2) is 9.59 Å². The highest BCUT2D eigenvalue weighted by molar-refractivity contribution is 6.31. The van der Waals surface area contributed by atoms with Gasteiger partial charge in [0.25, 0.3) is 0 Å². The number of carbonyl (C=O) groups excluding carboxylic acids is 1. The van der Waals surface area contributed by atoms with Gasteiger partial charge in [0.2, 0.25) is 0 Å². The van der Waals surface area contributed by atoms with Crippen LogP contribution in [0, 0.1) is 0 Å². The number of aryl methyl sites for hydroxylation is 1. The number of urea groups is 1. The van der Waals surface area contributed by atoms with Crippen molar-refractivity contribution in [3.05, 3.63) is 52.0 Å². The summed E-state index contributed by atoms with van der Waals surface area (Å²) in [6.45, 7) is 0. The predicted molar refractivity (Wildman–Crippen MR) is 92.1 cm³/mol. The van der Waals surface area contributed by atoms with Crippen LogP contribution in [0.1, 0.15) is 0 Å². The Labute approximate surface area is 141 Å². The monoisotopic (exact) mass is 347 g/mol. The number of anilines is 2. The third kappa shape index (κ3) is 3.07. The molecule has 3 rings (SSSR count). The molecule has 24 heavy (non-hydrogen) atoms. The van der Waals surface area contributed by atoms with Crippen molar-refractivity contribution in [3.8, 4) is 5.75 Å². The number of hydrogen-bond donors (Lipinski definition) is 2. The summed E-state index contributed by atoms with van der Waals surface area (Å²) in [4.78, 5) is 23.6. The molecule has 0 radical (unpaired) electrons. The Morgan fingerprint density at radius 3 is 2.75 bits per heavy atom. The second-order valence-electron chi connectivity index (χ2n) is 5.03. The molecule has 8 heteroatoms. The van der Waals surface area contributed by atoms with E-state index < -0.39 is 11.8 Å². The lowest BCUT2D eigenvalue weighted by Gasteiger charge is -2.11. The molecular formula is C16H14ClN3O4. The Hall–Kier alpha value is -2.93. The molecule has 0 spiro atoms. The van der Waals surface area contributed by atoms with Crippen molar-refractivity contribution >= 4 is 40.1 Å². The lowest BCUT2D eigenvalue weighted by atomic mass is 10.3. The van der Waals surface area contributed by atoms with Crippen LogP contribution in [-0.2, 0) is 7.05 Å². The van der Waals surface area contributed by atoms with Crippen LogP contribution in [0.5, 0.6) is 5.75 Å². The molecule has 2 N–H and O–H groups in total. The third-order valence-corrected chi connectivity index (χ3v) is 3.69. The molecule has 0 atom stereocenters. The Morgan fingerprint density at radius 2 is 2.00 bits per heavy atom.